The summed E-state index contributed by atoms with van der Waals surface area (Å²) in [4.78, 5) is 10.2. The van der Waals surface area contributed by atoms with Gasteiger partial charge >= 0.3 is 6.09 Å². The SMILES string of the molecule is N#Cc1ccsc1OC(N)=O. The van der Waals surface area contributed by atoms with Gasteiger partial charge in [-0.15, -0.1) is 11.3 Å². The summed E-state index contributed by atoms with van der Waals surface area (Å²) in [7, 11) is 0. The second kappa shape index (κ2) is 3.03. The third kappa shape index (κ3) is 1.69. The molecule has 0 spiro atoms. The van der Waals surface area contributed by atoms with Gasteiger partial charge in [0.05, 0.1) is 0 Å². The van der Waals surface area contributed by atoms with Crippen molar-refractivity contribution in [3.63, 3.8) is 0 Å². The summed E-state index contributed by atoms with van der Waals surface area (Å²) < 4.78 is 4.51. The van der Waals surface area contributed by atoms with E-state index in [0.717, 1.165) is 11.3 Å². The zero-order chi connectivity index (χ0) is 8.27. The summed E-state index contributed by atoms with van der Waals surface area (Å²) in [6, 6.07) is 3.42. The maximum absolute atomic E-state index is 10.2. The monoisotopic (exact) mass is 168 g/mol. The van der Waals surface area contributed by atoms with Crippen molar-refractivity contribution in [2.45, 2.75) is 0 Å². The number of primary amides is 1. The molecule has 1 rings (SSSR count). The van der Waals surface area contributed by atoms with Crippen molar-refractivity contribution < 1.29 is 9.53 Å². The maximum Gasteiger partial charge on any atom is 0.410 e. The van der Waals surface area contributed by atoms with E-state index in [-0.39, 0.29) is 5.06 Å². The number of rotatable bonds is 1. The average molecular weight is 168 g/mol. The molecule has 0 aliphatic heterocycles. The van der Waals surface area contributed by atoms with Gasteiger partial charge in [0.25, 0.3) is 0 Å². The Morgan fingerprint density at radius 3 is 3.09 bits per heavy atom. The van der Waals surface area contributed by atoms with Crippen LogP contribution in [-0.2, 0) is 0 Å². The molecule has 1 aromatic heterocycles. The third-order valence-electron chi connectivity index (χ3n) is 0.943. The Morgan fingerprint density at radius 1 is 1.82 bits per heavy atom. The second-order valence-corrected chi connectivity index (χ2v) is 2.53. The van der Waals surface area contributed by atoms with Crippen LogP contribution in [0.3, 0.4) is 0 Å². The summed E-state index contributed by atoms with van der Waals surface area (Å²) in [5.41, 5.74) is 5.07. The highest BCUT2D eigenvalue weighted by atomic mass is 32.1. The van der Waals surface area contributed by atoms with Crippen molar-refractivity contribution in [1.29, 1.82) is 5.26 Å². The number of nitriles is 1. The van der Waals surface area contributed by atoms with Crippen molar-refractivity contribution in [2.75, 3.05) is 0 Å². The van der Waals surface area contributed by atoms with Gasteiger partial charge < -0.3 is 10.5 Å². The topological polar surface area (TPSA) is 76.1 Å². The van der Waals surface area contributed by atoms with Gasteiger partial charge in [0.1, 0.15) is 11.6 Å². The van der Waals surface area contributed by atoms with Gasteiger partial charge in [-0.1, -0.05) is 0 Å². The minimum Gasteiger partial charge on any atom is -0.398 e. The number of carbonyl (C=O) groups is 1. The molecule has 0 atom stereocenters. The van der Waals surface area contributed by atoms with E-state index < -0.39 is 6.09 Å². The van der Waals surface area contributed by atoms with Crippen LogP contribution in [0.15, 0.2) is 11.4 Å². The summed E-state index contributed by atoms with van der Waals surface area (Å²) >= 11 is 1.16. The predicted molar refractivity (Wildman–Crippen MR) is 39.2 cm³/mol. The van der Waals surface area contributed by atoms with E-state index in [4.69, 9.17) is 11.0 Å². The highest BCUT2D eigenvalue weighted by molar-refractivity contribution is 7.12. The highest BCUT2D eigenvalue weighted by Crippen LogP contribution is 2.24. The number of ether oxygens (including phenoxy) is 1. The summed E-state index contributed by atoms with van der Waals surface area (Å²) in [5.74, 6) is 0. The van der Waals surface area contributed by atoms with E-state index in [1.165, 1.54) is 0 Å². The van der Waals surface area contributed by atoms with E-state index >= 15 is 0 Å². The van der Waals surface area contributed by atoms with Gasteiger partial charge in [-0.05, 0) is 11.4 Å². The van der Waals surface area contributed by atoms with Gasteiger partial charge in [0, 0.05) is 0 Å². The number of nitrogens with zero attached hydrogens (tertiary/aromatic N) is 1. The molecule has 0 aliphatic rings. The van der Waals surface area contributed by atoms with Crippen LogP contribution in [0.2, 0.25) is 0 Å². The van der Waals surface area contributed by atoms with Crippen LogP contribution in [0.5, 0.6) is 5.06 Å². The first kappa shape index (κ1) is 7.57. The van der Waals surface area contributed by atoms with E-state index in [0.29, 0.717) is 5.56 Å². The average Bonchev–Trinajstić information content (AvgIpc) is 2.34. The zero-order valence-corrected chi connectivity index (χ0v) is 6.22. The Balaban J connectivity index is 2.87. The van der Waals surface area contributed by atoms with Crippen molar-refractivity contribution in [3.05, 3.63) is 17.0 Å². The first-order chi connectivity index (χ1) is 5.24. The van der Waals surface area contributed by atoms with Crippen LogP contribution < -0.4 is 10.5 Å². The molecule has 1 heterocycles. The molecule has 0 aliphatic carbocycles. The lowest BCUT2D eigenvalue weighted by Gasteiger charge is -1.94. The van der Waals surface area contributed by atoms with E-state index in [1.807, 2.05) is 6.07 Å². The Hall–Kier alpha value is -1.54. The largest absolute Gasteiger partial charge is 0.410 e. The van der Waals surface area contributed by atoms with Crippen LogP contribution >= 0.6 is 11.3 Å². The molecule has 0 saturated heterocycles. The zero-order valence-electron chi connectivity index (χ0n) is 5.40. The fourth-order valence-electron chi connectivity index (χ4n) is 0.549. The minimum atomic E-state index is -0.899. The van der Waals surface area contributed by atoms with Crippen LogP contribution in [0.4, 0.5) is 4.79 Å². The summed E-state index contributed by atoms with van der Waals surface area (Å²) in [6.45, 7) is 0. The number of hydrogen-bond donors (Lipinski definition) is 1. The molecule has 11 heavy (non-hydrogen) atoms. The van der Waals surface area contributed by atoms with E-state index in [1.54, 1.807) is 11.4 Å². The molecular weight excluding hydrogens is 164 g/mol. The molecule has 0 saturated carbocycles. The lowest BCUT2D eigenvalue weighted by atomic mass is 10.4. The van der Waals surface area contributed by atoms with Crippen molar-refractivity contribution in [3.8, 4) is 11.1 Å². The predicted octanol–water partition coefficient (Wildman–Crippen LogP) is 1.08. The van der Waals surface area contributed by atoms with Crippen LogP contribution in [-0.4, -0.2) is 6.09 Å². The van der Waals surface area contributed by atoms with Crippen LogP contribution in [0.1, 0.15) is 5.56 Å². The second-order valence-electron chi connectivity index (χ2n) is 1.65. The Labute approximate surface area is 66.8 Å². The van der Waals surface area contributed by atoms with E-state index in [9.17, 15) is 4.79 Å². The molecule has 1 amide bonds. The van der Waals surface area contributed by atoms with Crippen LogP contribution in [0.25, 0.3) is 0 Å². The van der Waals surface area contributed by atoms with Gasteiger partial charge in [0.2, 0.25) is 5.06 Å². The number of thiophene rings is 1. The molecule has 56 valence electrons. The fourth-order valence-corrected chi connectivity index (χ4v) is 1.25. The van der Waals surface area contributed by atoms with Gasteiger partial charge in [-0.25, -0.2) is 4.79 Å². The van der Waals surface area contributed by atoms with Crippen molar-refractivity contribution >= 4 is 17.4 Å². The van der Waals surface area contributed by atoms with Crippen molar-refractivity contribution in [1.82, 2.24) is 0 Å². The number of hydrogen-bond acceptors (Lipinski definition) is 4. The first-order valence-electron chi connectivity index (χ1n) is 2.69. The summed E-state index contributed by atoms with van der Waals surface area (Å²) in [6.07, 6.45) is -0.899. The quantitative estimate of drug-likeness (QED) is 0.681. The molecule has 5 heteroatoms. The summed E-state index contributed by atoms with van der Waals surface area (Å²) in [5, 5.41) is 10.3. The van der Waals surface area contributed by atoms with Gasteiger partial charge in [-0.2, -0.15) is 5.26 Å². The molecule has 0 fully saturated rings. The van der Waals surface area contributed by atoms with Crippen LogP contribution in [0, 0.1) is 11.3 Å². The molecule has 0 radical (unpaired) electrons. The lowest BCUT2D eigenvalue weighted by Crippen LogP contribution is -2.15. The Bertz CT molecular complexity index is 313. The van der Waals surface area contributed by atoms with Gasteiger partial charge in [-0.3, -0.25) is 0 Å². The minimum absolute atomic E-state index is 0.250. The molecule has 4 nitrogen and oxygen atoms in total. The molecular formula is C6H4N2O2S. The molecule has 1 aromatic rings. The maximum atomic E-state index is 10.2. The molecule has 2 N–H and O–H groups in total. The Morgan fingerprint density at radius 2 is 2.55 bits per heavy atom. The van der Waals surface area contributed by atoms with Crippen molar-refractivity contribution in [2.24, 2.45) is 5.73 Å². The fraction of sp³-hybridized carbons (Fsp3) is 0. The third-order valence-corrected chi connectivity index (χ3v) is 1.73. The lowest BCUT2D eigenvalue weighted by molar-refractivity contribution is 0.212. The van der Waals surface area contributed by atoms with E-state index in [2.05, 4.69) is 4.74 Å². The number of carbonyl (C=O) groups excluding carboxylic acids is 1. The first-order valence-corrected chi connectivity index (χ1v) is 3.57. The number of nitrogens with two attached hydrogens (primary N) is 1. The standard InChI is InChI=1S/C6H4N2O2S/c7-3-4-1-2-11-5(4)10-6(8)9/h1-2H,(H2,8,9). The number of amides is 1. The highest BCUT2D eigenvalue weighted by Gasteiger charge is 2.06. The molecule has 0 bridgehead atoms. The molecule has 0 aromatic carbocycles. The van der Waals surface area contributed by atoms with Gasteiger partial charge in [0.15, 0.2) is 0 Å². The molecule has 0 unspecified atom stereocenters. The Kier molecular flexibility index (Phi) is 2.09. The smallest absolute Gasteiger partial charge is 0.398 e. The normalized spacial score (nSPS) is 8.64.